The highest BCUT2D eigenvalue weighted by molar-refractivity contribution is 6.12. The van der Waals surface area contributed by atoms with Crippen LogP contribution in [0.2, 0.25) is 0 Å². The standard InChI is InChI=1S/C53H54FN3/c1-50(2,3)33-17-21-44-38(27-33)39-28-34(51(4,5)6)18-22-45(39)56(44)48-25-32(37-15-13-14-16-43(37)54)26-49(42(48)31-55)57-46-23-19-35(52(7,8)9)29-40(46)41-30-36(53(10,11)12)20-24-47(41)57/h13-30H,1-12H3. The third-order valence-corrected chi connectivity index (χ3v) is 11.9. The molecule has 4 heteroatoms. The van der Waals surface area contributed by atoms with Crippen molar-refractivity contribution in [2.75, 3.05) is 0 Å². The molecule has 2 aromatic heterocycles. The highest BCUT2D eigenvalue weighted by Gasteiger charge is 2.27. The molecule has 0 aliphatic heterocycles. The maximum atomic E-state index is 16.0. The molecule has 0 atom stereocenters. The second-order valence-corrected chi connectivity index (χ2v) is 20.1. The van der Waals surface area contributed by atoms with Crippen molar-refractivity contribution in [1.82, 2.24) is 9.13 Å². The third kappa shape index (κ3) is 6.42. The molecule has 0 aliphatic rings. The van der Waals surface area contributed by atoms with E-state index >= 15 is 4.39 Å². The number of benzene rings is 6. The maximum absolute atomic E-state index is 16.0. The monoisotopic (exact) mass is 751 g/mol. The molecule has 0 spiro atoms. The van der Waals surface area contributed by atoms with Gasteiger partial charge in [-0.1, -0.05) is 126 Å². The zero-order chi connectivity index (χ0) is 41.0. The lowest BCUT2D eigenvalue weighted by Crippen LogP contribution is -2.11. The number of hydrogen-bond donors (Lipinski definition) is 0. The Kier molecular flexibility index (Phi) is 8.67. The van der Waals surface area contributed by atoms with Crippen molar-refractivity contribution in [3.63, 3.8) is 0 Å². The fraction of sp³-hybridized carbons (Fsp3) is 0.302. The molecule has 0 amide bonds. The lowest BCUT2D eigenvalue weighted by Gasteiger charge is -2.21. The summed E-state index contributed by atoms with van der Waals surface area (Å²) in [6, 6.07) is 40.6. The van der Waals surface area contributed by atoms with Crippen LogP contribution in [0.4, 0.5) is 4.39 Å². The van der Waals surface area contributed by atoms with Crippen LogP contribution in [0, 0.1) is 17.1 Å². The fourth-order valence-electron chi connectivity index (χ4n) is 8.36. The molecule has 8 rings (SSSR count). The van der Waals surface area contributed by atoms with E-state index < -0.39 is 0 Å². The van der Waals surface area contributed by atoms with Crippen LogP contribution in [-0.2, 0) is 21.7 Å². The van der Waals surface area contributed by atoms with Crippen LogP contribution in [0.5, 0.6) is 0 Å². The second kappa shape index (κ2) is 12.9. The lowest BCUT2D eigenvalue weighted by atomic mass is 9.85. The van der Waals surface area contributed by atoms with Gasteiger partial charge < -0.3 is 9.13 Å². The van der Waals surface area contributed by atoms with E-state index in [-0.39, 0.29) is 27.5 Å². The number of nitriles is 1. The van der Waals surface area contributed by atoms with Crippen LogP contribution in [0.1, 0.15) is 111 Å². The largest absolute Gasteiger partial charge is 0.308 e. The van der Waals surface area contributed by atoms with Gasteiger partial charge in [0.25, 0.3) is 0 Å². The Hall–Kier alpha value is -5.66. The minimum atomic E-state index is -0.308. The molecule has 0 aliphatic carbocycles. The summed E-state index contributed by atoms with van der Waals surface area (Å²) < 4.78 is 20.4. The number of nitrogens with zero attached hydrogens (tertiary/aromatic N) is 3. The van der Waals surface area contributed by atoms with Gasteiger partial charge in [0.15, 0.2) is 0 Å². The molecule has 8 aromatic rings. The summed E-state index contributed by atoms with van der Waals surface area (Å²) in [6.45, 7) is 26.9. The van der Waals surface area contributed by atoms with Crippen molar-refractivity contribution >= 4 is 43.6 Å². The zero-order valence-corrected chi connectivity index (χ0v) is 35.6. The van der Waals surface area contributed by atoms with Crippen LogP contribution in [0.15, 0.2) is 109 Å². The number of hydrogen-bond acceptors (Lipinski definition) is 1. The summed E-state index contributed by atoms with van der Waals surface area (Å²) in [4.78, 5) is 0. The Morgan fingerprint density at radius 2 is 0.754 bits per heavy atom. The summed E-state index contributed by atoms with van der Waals surface area (Å²) in [5.41, 5.74) is 11.9. The predicted octanol–water partition coefficient (Wildman–Crippen LogP) is 14.7. The summed E-state index contributed by atoms with van der Waals surface area (Å²) in [7, 11) is 0. The van der Waals surface area contributed by atoms with Crippen molar-refractivity contribution in [2.24, 2.45) is 0 Å². The Balaban J connectivity index is 1.55. The van der Waals surface area contributed by atoms with Crippen molar-refractivity contribution < 1.29 is 4.39 Å². The van der Waals surface area contributed by atoms with Crippen LogP contribution in [-0.4, -0.2) is 9.13 Å². The molecule has 0 unspecified atom stereocenters. The van der Waals surface area contributed by atoms with E-state index in [1.165, 1.54) is 28.3 Å². The van der Waals surface area contributed by atoms with Gasteiger partial charge in [-0.05, 0) is 116 Å². The molecular formula is C53H54FN3. The van der Waals surface area contributed by atoms with E-state index in [4.69, 9.17) is 0 Å². The number of fused-ring (bicyclic) bond motifs is 6. The molecule has 0 fully saturated rings. The molecule has 0 saturated carbocycles. The first kappa shape index (κ1) is 38.2. The van der Waals surface area contributed by atoms with Gasteiger partial charge in [-0.15, -0.1) is 0 Å². The summed E-state index contributed by atoms with van der Waals surface area (Å²) in [6.07, 6.45) is 0. The van der Waals surface area contributed by atoms with E-state index in [2.05, 4.69) is 171 Å². The van der Waals surface area contributed by atoms with Gasteiger partial charge in [-0.25, -0.2) is 4.39 Å². The predicted molar refractivity (Wildman–Crippen MR) is 240 cm³/mol. The minimum Gasteiger partial charge on any atom is -0.308 e. The molecule has 0 radical (unpaired) electrons. The van der Waals surface area contributed by atoms with Gasteiger partial charge in [-0.2, -0.15) is 5.26 Å². The van der Waals surface area contributed by atoms with Gasteiger partial charge >= 0.3 is 0 Å². The Morgan fingerprint density at radius 3 is 1.04 bits per heavy atom. The van der Waals surface area contributed by atoms with Crippen LogP contribution in [0.3, 0.4) is 0 Å². The van der Waals surface area contributed by atoms with Crippen molar-refractivity contribution in [2.45, 2.75) is 105 Å². The Morgan fingerprint density at radius 1 is 0.439 bits per heavy atom. The first-order valence-electron chi connectivity index (χ1n) is 20.2. The summed E-state index contributed by atoms with van der Waals surface area (Å²) >= 11 is 0. The Labute approximate surface area is 337 Å². The fourth-order valence-corrected chi connectivity index (χ4v) is 8.36. The summed E-state index contributed by atoms with van der Waals surface area (Å²) in [5.74, 6) is -0.308. The maximum Gasteiger partial charge on any atom is 0.131 e. The highest BCUT2D eigenvalue weighted by atomic mass is 19.1. The van der Waals surface area contributed by atoms with Crippen LogP contribution in [0.25, 0.3) is 66.1 Å². The number of rotatable bonds is 3. The van der Waals surface area contributed by atoms with Crippen molar-refractivity contribution in [3.05, 3.63) is 143 Å². The van der Waals surface area contributed by atoms with Gasteiger partial charge in [0, 0.05) is 27.1 Å². The average molecular weight is 752 g/mol. The van der Waals surface area contributed by atoms with Crippen molar-refractivity contribution in [1.29, 1.82) is 5.26 Å². The van der Waals surface area contributed by atoms with E-state index in [0.717, 1.165) is 43.6 Å². The van der Waals surface area contributed by atoms with Crippen LogP contribution >= 0.6 is 0 Å². The lowest BCUT2D eigenvalue weighted by molar-refractivity contribution is 0.590. The van der Waals surface area contributed by atoms with Crippen LogP contribution < -0.4 is 0 Å². The van der Waals surface area contributed by atoms with Crippen molar-refractivity contribution in [3.8, 4) is 28.6 Å². The molecule has 3 nitrogen and oxygen atoms in total. The van der Waals surface area contributed by atoms with E-state index in [1.54, 1.807) is 6.07 Å². The smallest absolute Gasteiger partial charge is 0.131 e. The topological polar surface area (TPSA) is 33.6 Å². The van der Waals surface area contributed by atoms with Gasteiger partial charge in [-0.3, -0.25) is 0 Å². The molecule has 6 aromatic carbocycles. The average Bonchev–Trinajstić information content (AvgIpc) is 3.64. The molecule has 2 heterocycles. The Bertz CT molecular complexity index is 2640. The highest BCUT2D eigenvalue weighted by Crippen LogP contribution is 2.43. The molecule has 57 heavy (non-hydrogen) atoms. The number of aromatic nitrogens is 2. The SMILES string of the molecule is CC(C)(C)c1ccc2c(c1)c1cc(C(C)(C)C)ccc1n2-c1cc(-c2ccccc2F)cc(-n2c3ccc(C(C)(C)C)cc3c3cc(C(C)(C)C)ccc32)c1C#N. The number of halogens is 1. The van der Waals surface area contributed by atoms with Gasteiger partial charge in [0.05, 0.1) is 33.4 Å². The molecule has 288 valence electrons. The van der Waals surface area contributed by atoms with E-state index in [0.29, 0.717) is 28.1 Å². The first-order valence-corrected chi connectivity index (χ1v) is 20.2. The normalized spacial score (nSPS) is 13.0. The van der Waals surface area contributed by atoms with E-state index in [1.807, 2.05) is 24.3 Å². The second-order valence-electron chi connectivity index (χ2n) is 20.1. The van der Waals surface area contributed by atoms with Gasteiger partial charge in [0.1, 0.15) is 17.4 Å². The first-order chi connectivity index (χ1) is 26.7. The third-order valence-electron chi connectivity index (χ3n) is 11.9. The minimum absolute atomic E-state index is 0.0593. The molecule has 0 bridgehead atoms. The molecular weight excluding hydrogens is 698 g/mol. The van der Waals surface area contributed by atoms with Gasteiger partial charge in [0.2, 0.25) is 0 Å². The van der Waals surface area contributed by atoms with E-state index in [9.17, 15) is 5.26 Å². The molecule has 0 saturated heterocycles. The molecule has 0 N–H and O–H groups in total. The summed E-state index contributed by atoms with van der Waals surface area (Å²) in [5, 5.41) is 16.0. The quantitative estimate of drug-likeness (QED) is 0.177. The zero-order valence-electron chi connectivity index (χ0n) is 35.6.